The number of nitrogens with zero attached hydrogens (tertiary/aromatic N) is 1. The summed E-state index contributed by atoms with van der Waals surface area (Å²) in [6.45, 7) is 0. The third-order valence-corrected chi connectivity index (χ3v) is 5.03. The molecule has 0 aliphatic carbocycles. The van der Waals surface area contributed by atoms with E-state index in [-0.39, 0.29) is 11.6 Å². The Hall–Kier alpha value is -3.53. The second kappa shape index (κ2) is 6.02. The minimum Gasteiger partial charge on any atom is -0.354 e. The van der Waals surface area contributed by atoms with Crippen molar-refractivity contribution in [2.24, 2.45) is 0 Å². The maximum atomic E-state index is 13.5. The molecule has 0 bridgehead atoms. The summed E-state index contributed by atoms with van der Waals surface area (Å²) in [6.07, 6.45) is 1.75. The third-order valence-electron chi connectivity index (χ3n) is 5.03. The van der Waals surface area contributed by atoms with Crippen LogP contribution in [0, 0.1) is 5.82 Å². The molecule has 0 spiro atoms. The van der Waals surface area contributed by atoms with Gasteiger partial charge in [-0.25, -0.2) is 4.39 Å². The Labute approximate surface area is 155 Å². The molecular formula is C23H15FN2O. The Kier molecular flexibility index (Phi) is 3.50. The van der Waals surface area contributed by atoms with E-state index in [1.807, 2.05) is 48.5 Å². The Morgan fingerprint density at radius 1 is 0.889 bits per heavy atom. The molecule has 5 rings (SSSR count). The van der Waals surface area contributed by atoms with Crippen LogP contribution in [0.4, 0.5) is 15.8 Å². The molecule has 130 valence electrons. The van der Waals surface area contributed by atoms with Crippen molar-refractivity contribution >= 4 is 28.1 Å². The van der Waals surface area contributed by atoms with Gasteiger partial charge in [0.25, 0.3) is 0 Å². The first-order chi connectivity index (χ1) is 13.2. The van der Waals surface area contributed by atoms with E-state index in [0.29, 0.717) is 5.56 Å². The lowest BCUT2D eigenvalue weighted by Crippen LogP contribution is -2.14. The molecule has 3 aromatic carbocycles. The van der Waals surface area contributed by atoms with Crippen molar-refractivity contribution < 1.29 is 9.18 Å². The first-order valence-electron chi connectivity index (χ1n) is 8.76. The van der Waals surface area contributed by atoms with Gasteiger partial charge >= 0.3 is 0 Å². The smallest absolute Gasteiger partial charge is 0.176 e. The van der Waals surface area contributed by atoms with Gasteiger partial charge in [-0.2, -0.15) is 0 Å². The van der Waals surface area contributed by atoms with Crippen LogP contribution < -0.4 is 5.32 Å². The van der Waals surface area contributed by atoms with E-state index in [4.69, 9.17) is 0 Å². The molecule has 1 aliphatic rings. The van der Waals surface area contributed by atoms with Gasteiger partial charge in [0, 0.05) is 28.4 Å². The van der Waals surface area contributed by atoms with Crippen LogP contribution in [-0.4, -0.2) is 10.8 Å². The van der Waals surface area contributed by atoms with Crippen LogP contribution >= 0.6 is 0 Å². The predicted octanol–water partition coefficient (Wildman–Crippen LogP) is 5.45. The molecule has 1 N–H and O–H groups in total. The van der Waals surface area contributed by atoms with Gasteiger partial charge in [0.2, 0.25) is 0 Å². The maximum Gasteiger partial charge on any atom is 0.176 e. The van der Waals surface area contributed by atoms with Gasteiger partial charge in [-0.15, -0.1) is 0 Å². The number of rotatable bonds is 1. The number of halogens is 1. The fourth-order valence-electron chi connectivity index (χ4n) is 3.74. The molecule has 3 nitrogen and oxygen atoms in total. The van der Waals surface area contributed by atoms with E-state index >= 15 is 0 Å². The SMILES string of the molecule is O=C1c2ccccc2Nc2c(cnc3ccccc23)C1c1ccc(F)cc1. The standard InChI is InChI=1S/C23H15FN2O/c24-15-11-9-14(10-12-15)21-18-13-25-19-7-3-1-5-16(19)22(18)26-20-8-4-2-6-17(20)23(21)27/h1-13,21,26H. The zero-order chi connectivity index (χ0) is 18.4. The number of carbonyl (C=O) groups excluding carboxylic acids is 1. The summed E-state index contributed by atoms with van der Waals surface area (Å²) in [4.78, 5) is 18.0. The molecule has 1 aliphatic heterocycles. The number of hydrogen-bond acceptors (Lipinski definition) is 3. The van der Waals surface area contributed by atoms with Gasteiger partial charge in [-0.1, -0.05) is 42.5 Å². The molecule has 27 heavy (non-hydrogen) atoms. The minimum absolute atomic E-state index is 0.0273. The van der Waals surface area contributed by atoms with Crippen molar-refractivity contribution in [3.8, 4) is 0 Å². The fourth-order valence-corrected chi connectivity index (χ4v) is 3.74. The average molecular weight is 354 g/mol. The number of carbonyl (C=O) groups is 1. The van der Waals surface area contributed by atoms with Crippen LogP contribution in [0.2, 0.25) is 0 Å². The van der Waals surface area contributed by atoms with E-state index in [2.05, 4.69) is 10.3 Å². The number of benzene rings is 3. The summed E-state index contributed by atoms with van der Waals surface area (Å²) in [6, 6.07) is 21.4. The highest BCUT2D eigenvalue weighted by atomic mass is 19.1. The molecule has 2 heterocycles. The Balaban J connectivity index is 1.84. The first-order valence-corrected chi connectivity index (χ1v) is 8.76. The van der Waals surface area contributed by atoms with Crippen LogP contribution in [0.1, 0.15) is 27.4 Å². The number of pyridine rings is 1. The zero-order valence-electron chi connectivity index (χ0n) is 14.3. The van der Waals surface area contributed by atoms with Crippen molar-refractivity contribution in [3.05, 3.63) is 102 Å². The monoisotopic (exact) mass is 354 g/mol. The summed E-state index contributed by atoms with van der Waals surface area (Å²) >= 11 is 0. The van der Waals surface area contributed by atoms with Gasteiger partial charge < -0.3 is 5.32 Å². The number of Topliss-reactive ketones (excluding diaryl/α,β-unsaturated/α-hetero) is 1. The van der Waals surface area contributed by atoms with E-state index in [0.717, 1.165) is 33.4 Å². The van der Waals surface area contributed by atoms with E-state index in [1.54, 1.807) is 18.3 Å². The number of para-hydroxylation sites is 2. The van der Waals surface area contributed by atoms with Gasteiger partial charge in [0.15, 0.2) is 5.78 Å². The number of hydrogen-bond donors (Lipinski definition) is 1. The summed E-state index contributed by atoms with van der Waals surface area (Å²) in [5.74, 6) is -0.899. The van der Waals surface area contributed by atoms with E-state index < -0.39 is 5.92 Å². The molecule has 1 aromatic heterocycles. The van der Waals surface area contributed by atoms with Crippen LogP contribution in [-0.2, 0) is 0 Å². The number of nitrogens with one attached hydrogen (secondary N) is 1. The lowest BCUT2D eigenvalue weighted by molar-refractivity contribution is 0.0975. The van der Waals surface area contributed by atoms with Crippen molar-refractivity contribution in [1.29, 1.82) is 0 Å². The third kappa shape index (κ3) is 2.49. The highest BCUT2D eigenvalue weighted by Crippen LogP contribution is 2.42. The number of aromatic nitrogens is 1. The molecular weight excluding hydrogens is 339 g/mol. The second-order valence-corrected chi connectivity index (χ2v) is 6.63. The highest BCUT2D eigenvalue weighted by Gasteiger charge is 2.32. The molecule has 0 fully saturated rings. The summed E-state index contributed by atoms with van der Waals surface area (Å²) in [7, 11) is 0. The van der Waals surface area contributed by atoms with Crippen molar-refractivity contribution in [3.63, 3.8) is 0 Å². The molecule has 0 amide bonds. The van der Waals surface area contributed by atoms with Crippen LogP contribution in [0.15, 0.2) is 79.0 Å². The fraction of sp³-hybridized carbons (Fsp3) is 0.0435. The Morgan fingerprint density at radius 2 is 1.63 bits per heavy atom. The predicted molar refractivity (Wildman–Crippen MR) is 104 cm³/mol. The minimum atomic E-state index is -0.547. The Morgan fingerprint density at radius 3 is 2.48 bits per heavy atom. The summed E-state index contributed by atoms with van der Waals surface area (Å²) in [5, 5.41) is 4.40. The van der Waals surface area contributed by atoms with Gasteiger partial charge in [0.05, 0.1) is 17.1 Å². The zero-order valence-corrected chi connectivity index (χ0v) is 14.3. The molecule has 4 heteroatoms. The summed E-state index contributed by atoms with van der Waals surface area (Å²) < 4.78 is 13.5. The molecule has 0 radical (unpaired) electrons. The lowest BCUT2D eigenvalue weighted by Gasteiger charge is -2.18. The van der Waals surface area contributed by atoms with Gasteiger partial charge in [-0.05, 0) is 35.9 Å². The van der Waals surface area contributed by atoms with Crippen LogP contribution in [0.3, 0.4) is 0 Å². The van der Waals surface area contributed by atoms with E-state index in [1.165, 1.54) is 12.1 Å². The molecule has 1 unspecified atom stereocenters. The quantitative estimate of drug-likeness (QED) is 0.494. The van der Waals surface area contributed by atoms with Gasteiger partial charge in [0.1, 0.15) is 5.82 Å². The van der Waals surface area contributed by atoms with Crippen molar-refractivity contribution in [1.82, 2.24) is 4.98 Å². The van der Waals surface area contributed by atoms with Gasteiger partial charge in [-0.3, -0.25) is 9.78 Å². The van der Waals surface area contributed by atoms with Crippen molar-refractivity contribution in [2.45, 2.75) is 5.92 Å². The first kappa shape index (κ1) is 15.7. The number of anilines is 2. The maximum absolute atomic E-state index is 13.5. The topological polar surface area (TPSA) is 42.0 Å². The molecule has 4 aromatic rings. The average Bonchev–Trinajstić information content (AvgIpc) is 2.83. The lowest BCUT2D eigenvalue weighted by atomic mass is 9.85. The number of ketones is 1. The molecule has 0 saturated heterocycles. The van der Waals surface area contributed by atoms with E-state index in [9.17, 15) is 9.18 Å². The van der Waals surface area contributed by atoms with Crippen LogP contribution in [0.5, 0.6) is 0 Å². The normalized spacial score (nSPS) is 15.6. The molecule has 1 atom stereocenters. The summed E-state index contributed by atoms with van der Waals surface area (Å²) in [5.41, 5.74) is 4.65. The highest BCUT2D eigenvalue weighted by molar-refractivity contribution is 6.12. The Bertz CT molecular complexity index is 1180. The number of fused-ring (bicyclic) bond motifs is 4. The van der Waals surface area contributed by atoms with Crippen LogP contribution in [0.25, 0.3) is 10.9 Å². The molecule has 0 saturated carbocycles. The van der Waals surface area contributed by atoms with Crippen molar-refractivity contribution in [2.75, 3.05) is 5.32 Å². The largest absolute Gasteiger partial charge is 0.354 e. The second-order valence-electron chi connectivity index (χ2n) is 6.63.